The molecule has 7 nitrogen and oxygen atoms in total. The highest BCUT2D eigenvalue weighted by Gasteiger charge is 2.32. The van der Waals surface area contributed by atoms with Crippen molar-refractivity contribution in [1.82, 2.24) is 14.5 Å². The first-order valence-electron chi connectivity index (χ1n) is 8.74. The Labute approximate surface area is 155 Å². The fraction of sp³-hybridized carbons (Fsp3) is 0.500. The lowest BCUT2D eigenvalue weighted by atomic mass is 10.1. The van der Waals surface area contributed by atoms with Gasteiger partial charge >= 0.3 is 0 Å². The van der Waals surface area contributed by atoms with Crippen LogP contribution in [0.1, 0.15) is 12.5 Å². The summed E-state index contributed by atoms with van der Waals surface area (Å²) in [6, 6.07) is 7.02. The zero-order chi connectivity index (χ0) is 18.7. The molecule has 1 aromatic carbocycles. The van der Waals surface area contributed by atoms with Crippen LogP contribution in [0.15, 0.2) is 34.8 Å². The third kappa shape index (κ3) is 4.08. The predicted octanol–water partition coefficient (Wildman–Crippen LogP) is 1.01. The number of sulfonamides is 1. The van der Waals surface area contributed by atoms with Gasteiger partial charge in [0.05, 0.1) is 13.7 Å². The molecule has 26 heavy (non-hydrogen) atoms. The first-order chi connectivity index (χ1) is 12.4. The molecule has 1 N–H and O–H groups in total. The Balaban J connectivity index is 1.73. The molecule has 2 heterocycles. The lowest BCUT2D eigenvalue weighted by molar-refractivity contribution is 0.157. The van der Waals surface area contributed by atoms with Gasteiger partial charge in [0, 0.05) is 38.3 Å². The van der Waals surface area contributed by atoms with Gasteiger partial charge in [-0.1, -0.05) is 0 Å². The zero-order valence-electron chi connectivity index (χ0n) is 15.5. The van der Waals surface area contributed by atoms with Crippen LogP contribution in [0, 0.1) is 0 Å². The first kappa shape index (κ1) is 18.9. The van der Waals surface area contributed by atoms with Crippen LogP contribution in [0.4, 0.5) is 0 Å². The van der Waals surface area contributed by atoms with Gasteiger partial charge in [-0.05, 0) is 43.8 Å². The summed E-state index contributed by atoms with van der Waals surface area (Å²) in [5.74, 6) is 1.14. The number of rotatable bonds is 5. The SMILES string of the molecule is COc1ccc(C2=C(C)C(=NCCN3CCN(C)CC3)NS2(=O)=O)cc1. The second-order valence-electron chi connectivity index (χ2n) is 6.66. The third-order valence-corrected chi connectivity index (χ3v) is 6.37. The molecular formula is C18H26N4O3S. The standard InChI is InChI=1S/C18H26N4O3S/c1-14-17(15-4-6-16(25-3)7-5-15)26(23,24)20-18(14)19-8-9-22-12-10-21(2)11-13-22/h4-7H,8-13H2,1-3H3,(H,19,20). The molecule has 0 spiro atoms. The second kappa shape index (κ2) is 7.77. The van der Waals surface area contributed by atoms with E-state index in [4.69, 9.17) is 4.74 Å². The number of methoxy groups -OCH3 is 1. The molecule has 0 aliphatic carbocycles. The van der Waals surface area contributed by atoms with Gasteiger partial charge in [0.1, 0.15) is 16.5 Å². The van der Waals surface area contributed by atoms with Crippen LogP contribution in [0.25, 0.3) is 4.91 Å². The highest BCUT2D eigenvalue weighted by Crippen LogP contribution is 2.30. The molecule has 0 bridgehead atoms. The lowest BCUT2D eigenvalue weighted by Crippen LogP contribution is -2.45. The number of benzene rings is 1. The van der Waals surface area contributed by atoms with Crippen molar-refractivity contribution in [2.45, 2.75) is 6.92 Å². The van der Waals surface area contributed by atoms with Gasteiger partial charge in [-0.25, -0.2) is 8.42 Å². The summed E-state index contributed by atoms with van der Waals surface area (Å²) in [4.78, 5) is 9.47. The maximum absolute atomic E-state index is 12.5. The van der Waals surface area contributed by atoms with E-state index < -0.39 is 10.0 Å². The van der Waals surface area contributed by atoms with Crippen LogP contribution in [0.5, 0.6) is 5.75 Å². The molecule has 3 rings (SSSR count). The quantitative estimate of drug-likeness (QED) is 0.828. The van der Waals surface area contributed by atoms with Crippen LogP contribution in [-0.4, -0.2) is 77.5 Å². The summed E-state index contributed by atoms with van der Waals surface area (Å²) in [5, 5.41) is 0. The lowest BCUT2D eigenvalue weighted by Gasteiger charge is -2.31. The summed E-state index contributed by atoms with van der Waals surface area (Å²) < 4.78 is 32.8. The number of hydrogen-bond donors (Lipinski definition) is 1. The van der Waals surface area contributed by atoms with Crippen LogP contribution in [0.2, 0.25) is 0 Å². The molecule has 2 aliphatic rings. The summed E-state index contributed by atoms with van der Waals surface area (Å²) >= 11 is 0. The number of aliphatic imine (C=N–C) groups is 1. The van der Waals surface area contributed by atoms with E-state index in [1.807, 2.05) is 0 Å². The first-order valence-corrected chi connectivity index (χ1v) is 10.2. The molecule has 0 saturated carbocycles. The topological polar surface area (TPSA) is 74.2 Å². The molecular weight excluding hydrogens is 352 g/mol. The molecule has 1 saturated heterocycles. The van der Waals surface area contributed by atoms with E-state index in [9.17, 15) is 8.42 Å². The van der Waals surface area contributed by atoms with Crippen molar-refractivity contribution in [2.75, 3.05) is 53.4 Å². The van der Waals surface area contributed by atoms with E-state index in [-0.39, 0.29) is 0 Å². The smallest absolute Gasteiger partial charge is 0.264 e. The Morgan fingerprint density at radius 2 is 1.81 bits per heavy atom. The average molecular weight is 378 g/mol. The summed E-state index contributed by atoms with van der Waals surface area (Å²) in [6.07, 6.45) is 0. The molecule has 0 unspecified atom stereocenters. The average Bonchev–Trinajstić information content (AvgIpc) is 2.85. The number of nitrogens with zero attached hydrogens (tertiary/aromatic N) is 3. The van der Waals surface area contributed by atoms with Crippen molar-refractivity contribution in [3.8, 4) is 5.75 Å². The Morgan fingerprint density at radius 3 is 2.42 bits per heavy atom. The Bertz CT molecular complexity index is 807. The monoisotopic (exact) mass is 378 g/mol. The van der Waals surface area contributed by atoms with Gasteiger partial charge in [0.25, 0.3) is 10.0 Å². The van der Waals surface area contributed by atoms with E-state index in [0.717, 1.165) is 32.7 Å². The van der Waals surface area contributed by atoms with Crippen molar-refractivity contribution < 1.29 is 13.2 Å². The van der Waals surface area contributed by atoms with Crippen molar-refractivity contribution in [3.63, 3.8) is 0 Å². The predicted molar refractivity (Wildman–Crippen MR) is 104 cm³/mol. The number of nitrogens with one attached hydrogen (secondary N) is 1. The highest BCUT2D eigenvalue weighted by molar-refractivity contribution is 8.00. The summed E-state index contributed by atoms with van der Waals surface area (Å²) in [5.41, 5.74) is 1.30. The minimum Gasteiger partial charge on any atom is -0.497 e. The molecule has 0 atom stereocenters. The molecule has 0 radical (unpaired) electrons. The third-order valence-electron chi connectivity index (χ3n) is 4.83. The van der Waals surface area contributed by atoms with Crippen molar-refractivity contribution in [1.29, 1.82) is 0 Å². The van der Waals surface area contributed by atoms with E-state index >= 15 is 0 Å². The van der Waals surface area contributed by atoms with Crippen LogP contribution < -0.4 is 9.46 Å². The number of amidine groups is 1. The summed E-state index contributed by atoms with van der Waals surface area (Å²) in [6.45, 7) is 7.39. The molecule has 8 heteroatoms. The van der Waals surface area contributed by atoms with Gasteiger partial charge in [-0.15, -0.1) is 0 Å². The maximum atomic E-state index is 12.5. The fourth-order valence-corrected chi connectivity index (χ4v) is 4.72. The minimum atomic E-state index is -3.58. The zero-order valence-corrected chi connectivity index (χ0v) is 16.3. The number of piperazine rings is 1. The molecule has 142 valence electrons. The van der Waals surface area contributed by atoms with Crippen molar-refractivity contribution in [3.05, 3.63) is 35.4 Å². The number of hydrogen-bond acceptors (Lipinski definition) is 6. The normalized spacial score (nSPS) is 22.7. The maximum Gasteiger partial charge on any atom is 0.264 e. The van der Waals surface area contributed by atoms with Gasteiger partial charge < -0.3 is 9.64 Å². The van der Waals surface area contributed by atoms with Crippen LogP contribution in [0.3, 0.4) is 0 Å². The van der Waals surface area contributed by atoms with Gasteiger partial charge in [0.15, 0.2) is 0 Å². The number of likely N-dealkylation sites (N-methyl/N-ethyl adjacent to an activating group) is 1. The fourth-order valence-electron chi connectivity index (χ4n) is 3.20. The molecule has 0 amide bonds. The van der Waals surface area contributed by atoms with Gasteiger partial charge in [0.2, 0.25) is 0 Å². The van der Waals surface area contributed by atoms with E-state index in [1.54, 1.807) is 38.3 Å². The largest absolute Gasteiger partial charge is 0.497 e. The molecule has 1 fully saturated rings. The van der Waals surface area contributed by atoms with Crippen molar-refractivity contribution in [2.24, 2.45) is 4.99 Å². The van der Waals surface area contributed by atoms with Gasteiger partial charge in [-0.2, -0.15) is 0 Å². The highest BCUT2D eigenvalue weighted by atomic mass is 32.2. The Hall–Kier alpha value is -1.90. The Kier molecular flexibility index (Phi) is 5.64. The minimum absolute atomic E-state index is 0.290. The van der Waals surface area contributed by atoms with Gasteiger partial charge in [-0.3, -0.25) is 14.6 Å². The van der Waals surface area contributed by atoms with Crippen LogP contribution >= 0.6 is 0 Å². The summed E-state index contributed by atoms with van der Waals surface area (Å²) in [7, 11) is 0.124. The Morgan fingerprint density at radius 1 is 1.15 bits per heavy atom. The number of ether oxygens (including phenoxy) is 1. The van der Waals surface area contributed by atoms with Crippen LogP contribution in [-0.2, 0) is 10.0 Å². The van der Waals surface area contributed by atoms with E-state index in [1.165, 1.54) is 0 Å². The van der Waals surface area contributed by atoms with Crippen molar-refractivity contribution >= 4 is 20.8 Å². The van der Waals surface area contributed by atoms with E-state index in [0.29, 0.717) is 34.2 Å². The molecule has 1 aromatic rings. The van der Waals surface area contributed by atoms with E-state index in [2.05, 4.69) is 26.6 Å². The molecule has 0 aromatic heterocycles. The second-order valence-corrected chi connectivity index (χ2v) is 8.28. The molecule has 2 aliphatic heterocycles.